The zero-order valence-corrected chi connectivity index (χ0v) is 11.7. The zero-order chi connectivity index (χ0) is 14.6. The van der Waals surface area contributed by atoms with Gasteiger partial charge in [0.05, 0.1) is 6.26 Å². The van der Waals surface area contributed by atoms with Crippen LogP contribution in [0.25, 0.3) is 11.5 Å². The third kappa shape index (κ3) is 3.08. The lowest BCUT2D eigenvalue weighted by Crippen LogP contribution is -2.49. The second-order valence-electron chi connectivity index (χ2n) is 4.81. The third-order valence-electron chi connectivity index (χ3n) is 3.52. The van der Waals surface area contributed by atoms with E-state index in [1.807, 2.05) is 13.8 Å². The number of nitrogens with one attached hydrogen (secondary N) is 1. The van der Waals surface area contributed by atoms with Crippen LogP contribution in [0.3, 0.4) is 0 Å². The highest BCUT2D eigenvalue weighted by atomic mass is 16.5. The fourth-order valence-corrected chi connectivity index (χ4v) is 1.76. The van der Waals surface area contributed by atoms with E-state index in [0.29, 0.717) is 18.1 Å². The topological polar surface area (TPSA) is 94.3 Å². The molecule has 0 saturated heterocycles. The van der Waals surface area contributed by atoms with Crippen LogP contribution >= 0.6 is 0 Å². The van der Waals surface area contributed by atoms with E-state index in [1.54, 1.807) is 18.2 Å². The summed E-state index contributed by atoms with van der Waals surface area (Å²) in [6.07, 6.45) is 3.11. The van der Waals surface area contributed by atoms with Crippen LogP contribution in [0.15, 0.2) is 33.4 Å². The molecule has 20 heavy (non-hydrogen) atoms. The molecule has 0 saturated carbocycles. The molecule has 0 aliphatic rings. The van der Waals surface area contributed by atoms with Gasteiger partial charge in [0, 0.05) is 18.2 Å². The van der Waals surface area contributed by atoms with E-state index in [4.69, 9.17) is 14.7 Å². The lowest BCUT2D eigenvalue weighted by Gasteiger charge is -2.26. The van der Waals surface area contributed by atoms with E-state index in [0.717, 1.165) is 12.8 Å². The Morgan fingerprint density at radius 3 is 2.75 bits per heavy atom. The van der Waals surface area contributed by atoms with Crippen molar-refractivity contribution in [2.24, 2.45) is 5.73 Å². The number of furan rings is 1. The van der Waals surface area contributed by atoms with Gasteiger partial charge in [0.15, 0.2) is 11.5 Å². The Labute approximate surface area is 117 Å². The Hall–Kier alpha value is -2.08. The molecule has 2 aromatic rings. The van der Waals surface area contributed by atoms with Crippen LogP contribution in [-0.2, 0) is 0 Å². The minimum atomic E-state index is -0.386. The first-order valence-corrected chi connectivity index (χ1v) is 6.65. The van der Waals surface area contributed by atoms with Gasteiger partial charge >= 0.3 is 0 Å². The van der Waals surface area contributed by atoms with Gasteiger partial charge in [-0.1, -0.05) is 19.0 Å². The summed E-state index contributed by atoms with van der Waals surface area (Å²) in [5.74, 6) is 0.653. The Kier molecular flexibility index (Phi) is 4.24. The van der Waals surface area contributed by atoms with Crippen molar-refractivity contribution in [3.05, 3.63) is 30.2 Å². The maximum Gasteiger partial charge on any atom is 0.273 e. The summed E-state index contributed by atoms with van der Waals surface area (Å²) in [5, 5.41) is 6.52. The zero-order valence-electron chi connectivity index (χ0n) is 11.7. The number of amides is 1. The monoisotopic (exact) mass is 277 g/mol. The molecule has 0 aliphatic heterocycles. The summed E-state index contributed by atoms with van der Waals surface area (Å²) in [5.41, 5.74) is 5.96. The number of nitrogens with zero attached hydrogens (tertiary/aromatic N) is 1. The molecule has 2 heterocycles. The molecule has 0 bridgehead atoms. The molecular formula is C14H19N3O3. The molecule has 108 valence electrons. The molecule has 0 unspecified atom stereocenters. The van der Waals surface area contributed by atoms with Gasteiger partial charge in [-0.05, 0) is 25.0 Å². The van der Waals surface area contributed by atoms with Crippen LogP contribution in [0.2, 0.25) is 0 Å². The van der Waals surface area contributed by atoms with Gasteiger partial charge in [-0.25, -0.2) is 0 Å². The van der Waals surface area contributed by atoms with Gasteiger partial charge in [-0.2, -0.15) is 0 Å². The Balaban J connectivity index is 2.00. The number of aromatic nitrogens is 1. The van der Waals surface area contributed by atoms with E-state index in [9.17, 15) is 4.79 Å². The molecular weight excluding hydrogens is 258 g/mol. The maximum atomic E-state index is 12.0. The van der Waals surface area contributed by atoms with Gasteiger partial charge in [0.2, 0.25) is 5.76 Å². The van der Waals surface area contributed by atoms with Gasteiger partial charge in [0.1, 0.15) is 0 Å². The Morgan fingerprint density at radius 1 is 1.40 bits per heavy atom. The van der Waals surface area contributed by atoms with Gasteiger partial charge in [-0.3, -0.25) is 4.79 Å². The van der Waals surface area contributed by atoms with Gasteiger partial charge in [0.25, 0.3) is 5.91 Å². The highest BCUT2D eigenvalue weighted by Gasteiger charge is 2.22. The maximum absolute atomic E-state index is 12.0. The van der Waals surface area contributed by atoms with Crippen molar-refractivity contribution < 1.29 is 13.7 Å². The summed E-state index contributed by atoms with van der Waals surface area (Å²) in [4.78, 5) is 12.0. The molecule has 2 rings (SSSR count). The van der Waals surface area contributed by atoms with Crippen molar-refractivity contribution in [2.45, 2.75) is 32.2 Å². The van der Waals surface area contributed by atoms with E-state index >= 15 is 0 Å². The summed E-state index contributed by atoms with van der Waals surface area (Å²) >= 11 is 0. The summed E-state index contributed by atoms with van der Waals surface area (Å²) < 4.78 is 10.3. The average Bonchev–Trinajstić information content (AvgIpc) is 3.14. The van der Waals surface area contributed by atoms with Crippen molar-refractivity contribution in [1.82, 2.24) is 10.5 Å². The largest absolute Gasteiger partial charge is 0.461 e. The number of carbonyl (C=O) groups is 1. The van der Waals surface area contributed by atoms with Crippen LogP contribution in [-0.4, -0.2) is 23.1 Å². The number of carbonyl (C=O) groups excluding carboxylic acids is 1. The molecule has 3 N–H and O–H groups in total. The minimum Gasteiger partial charge on any atom is -0.461 e. The van der Waals surface area contributed by atoms with Crippen molar-refractivity contribution in [3.63, 3.8) is 0 Å². The Bertz CT molecular complexity index is 556. The molecule has 0 spiro atoms. The summed E-state index contributed by atoms with van der Waals surface area (Å²) in [6, 6.07) is 5.02. The van der Waals surface area contributed by atoms with Crippen molar-refractivity contribution in [3.8, 4) is 11.5 Å². The van der Waals surface area contributed by atoms with Crippen molar-refractivity contribution >= 4 is 5.91 Å². The van der Waals surface area contributed by atoms with Crippen LogP contribution in [0.5, 0.6) is 0 Å². The first-order valence-electron chi connectivity index (χ1n) is 6.65. The summed E-state index contributed by atoms with van der Waals surface area (Å²) in [6.45, 7) is 4.41. The molecule has 1 amide bonds. The SMILES string of the molecule is CCC(N)(CC)CNC(=O)c1cc(-c2ccco2)on1. The van der Waals surface area contributed by atoms with Crippen molar-refractivity contribution in [2.75, 3.05) is 6.54 Å². The highest BCUT2D eigenvalue weighted by Crippen LogP contribution is 2.20. The van der Waals surface area contributed by atoms with Crippen LogP contribution in [0.1, 0.15) is 37.2 Å². The van der Waals surface area contributed by atoms with Crippen LogP contribution in [0, 0.1) is 0 Å². The van der Waals surface area contributed by atoms with Crippen LogP contribution < -0.4 is 11.1 Å². The highest BCUT2D eigenvalue weighted by molar-refractivity contribution is 5.92. The molecule has 0 aliphatic carbocycles. The molecule has 2 aromatic heterocycles. The second-order valence-corrected chi connectivity index (χ2v) is 4.81. The molecule has 6 nitrogen and oxygen atoms in total. The van der Waals surface area contributed by atoms with Gasteiger partial charge < -0.3 is 20.0 Å². The lowest BCUT2D eigenvalue weighted by atomic mass is 9.94. The fourth-order valence-electron chi connectivity index (χ4n) is 1.76. The molecule has 6 heteroatoms. The minimum absolute atomic E-state index is 0.214. The number of rotatable bonds is 6. The first kappa shape index (κ1) is 14.3. The predicted octanol–water partition coefficient (Wildman–Crippen LogP) is 2.18. The fraction of sp³-hybridized carbons (Fsp3) is 0.429. The Morgan fingerprint density at radius 2 is 2.15 bits per heavy atom. The number of nitrogens with two attached hydrogens (primary N) is 1. The molecule has 0 aromatic carbocycles. The first-order chi connectivity index (χ1) is 9.58. The summed E-state index contributed by atoms with van der Waals surface area (Å²) in [7, 11) is 0. The van der Waals surface area contributed by atoms with E-state index in [1.165, 1.54) is 6.26 Å². The molecule has 0 atom stereocenters. The second kappa shape index (κ2) is 5.92. The van der Waals surface area contributed by atoms with E-state index in [-0.39, 0.29) is 17.1 Å². The molecule has 0 radical (unpaired) electrons. The van der Waals surface area contributed by atoms with Crippen molar-refractivity contribution in [1.29, 1.82) is 0 Å². The smallest absolute Gasteiger partial charge is 0.273 e. The number of hydrogen-bond donors (Lipinski definition) is 2. The van der Waals surface area contributed by atoms with E-state index in [2.05, 4.69) is 10.5 Å². The van der Waals surface area contributed by atoms with Crippen LogP contribution in [0.4, 0.5) is 0 Å². The standard InChI is InChI=1S/C14H19N3O3/c1-3-14(15,4-2)9-16-13(18)10-8-12(20-17-10)11-6-5-7-19-11/h5-8H,3-4,9,15H2,1-2H3,(H,16,18). The lowest BCUT2D eigenvalue weighted by molar-refractivity contribution is 0.0933. The third-order valence-corrected chi connectivity index (χ3v) is 3.52. The number of hydrogen-bond acceptors (Lipinski definition) is 5. The predicted molar refractivity (Wildman–Crippen MR) is 74.0 cm³/mol. The van der Waals surface area contributed by atoms with E-state index < -0.39 is 0 Å². The van der Waals surface area contributed by atoms with Gasteiger partial charge in [-0.15, -0.1) is 0 Å². The normalized spacial score (nSPS) is 11.6. The quantitative estimate of drug-likeness (QED) is 0.844. The average molecular weight is 277 g/mol. The molecule has 0 fully saturated rings.